The Morgan fingerprint density at radius 3 is 2.52 bits per heavy atom. The SMILES string of the molecule is CC(C)(C)n1c(CO)nnc1-c1ccc([N+](=O)[O-])cc1F. The summed E-state index contributed by atoms with van der Waals surface area (Å²) in [4.78, 5) is 9.98. The molecule has 1 aromatic carbocycles. The number of hydrogen-bond donors (Lipinski definition) is 1. The Balaban J connectivity index is 2.63. The summed E-state index contributed by atoms with van der Waals surface area (Å²) in [5.41, 5.74) is -0.714. The maximum atomic E-state index is 14.1. The molecule has 112 valence electrons. The van der Waals surface area contributed by atoms with E-state index in [1.54, 1.807) is 4.57 Å². The van der Waals surface area contributed by atoms with E-state index in [0.29, 0.717) is 5.82 Å². The Kier molecular flexibility index (Phi) is 3.73. The normalized spacial score (nSPS) is 11.7. The topological polar surface area (TPSA) is 94.1 Å². The molecule has 1 aromatic heterocycles. The fraction of sp³-hybridized carbons (Fsp3) is 0.385. The Labute approximate surface area is 120 Å². The van der Waals surface area contributed by atoms with Gasteiger partial charge in [0.1, 0.15) is 12.4 Å². The van der Waals surface area contributed by atoms with Gasteiger partial charge >= 0.3 is 0 Å². The van der Waals surface area contributed by atoms with E-state index in [4.69, 9.17) is 0 Å². The first-order chi connectivity index (χ1) is 9.75. The van der Waals surface area contributed by atoms with Crippen molar-refractivity contribution >= 4 is 5.69 Å². The third-order valence-electron chi connectivity index (χ3n) is 2.95. The molecule has 0 amide bonds. The van der Waals surface area contributed by atoms with Crippen LogP contribution in [0.15, 0.2) is 18.2 Å². The molecule has 0 saturated heterocycles. The largest absolute Gasteiger partial charge is 0.388 e. The van der Waals surface area contributed by atoms with Crippen LogP contribution < -0.4 is 0 Å². The van der Waals surface area contributed by atoms with E-state index in [2.05, 4.69) is 10.2 Å². The first-order valence-corrected chi connectivity index (χ1v) is 6.25. The number of rotatable bonds is 3. The zero-order valence-corrected chi connectivity index (χ0v) is 11.9. The minimum atomic E-state index is -0.758. The van der Waals surface area contributed by atoms with Crippen molar-refractivity contribution in [3.05, 3.63) is 40.0 Å². The second-order valence-electron chi connectivity index (χ2n) is 5.53. The number of aliphatic hydroxyl groups excluding tert-OH is 1. The minimum absolute atomic E-state index is 0.0997. The summed E-state index contributed by atoms with van der Waals surface area (Å²) >= 11 is 0. The summed E-state index contributed by atoms with van der Waals surface area (Å²) in [5, 5.41) is 27.7. The van der Waals surface area contributed by atoms with Crippen molar-refractivity contribution in [2.24, 2.45) is 0 Å². The zero-order valence-electron chi connectivity index (χ0n) is 11.9. The number of nitro groups is 1. The van der Waals surface area contributed by atoms with Gasteiger partial charge in [-0.25, -0.2) is 4.39 Å². The van der Waals surface area contributed by atoms with Gasteiger partial charge in [0, 0.05) is 11.6 Å². The highest BCUT2D eigenvalue weighted by Gasteiger charge is 2.25. The number of aliphatic hydroxyl groups is 1. The number of nitrogens with zero attached hydrogens (tertiary/aromatic N) is 4. The van der Waals surface area contributed by atoms with Crippen molar-refractivity contribution in [1.82, 2.24) is 14.8 Å². The summed E-state index contributed by atoms with van der Waals surface area (Å²) in [6, 6.07) is 3.34. The first kappa shape index (κ1) is 15.0. The molecule has 0 unspecified atom stereocenters. The summed E-state index contributed by atoms with van der Waals surface area (Å²) in [6.07, 6.45) is 0. The third kappa shape index (κ3) is 2.75. The van der Waals surface area contributed by atoms with E-state index >= 15 is 0 Å². The van der Waals surface area contributed by atoms with Crippen LogP contribution in [0, 0.1) is 15.9 Å². The average Bonchev–Trinajstić information content (AvgIpc) is 2.82. The van der Waals surface area contributed by atoms with Crippen molar-refractivity contribution < 1.29 is 14.4 Å². The molecule has 0 spiro atoms. The number of halogens is 1. The molecule has 0 radical (unpaired) electrons. The number of benzene rings is 1. The molecule has 7 nitrogen and oxygen atoms in total. The summed E-state index contributed by atoms with van der Waals surface area (Å²) in [6.45, 7) is 5.26. The molecule has 0 fully saturated rings. The van der Waals surface area contributed by atoms with Crippen molar-refractivity contribution in [2.75, 3.05) is 0 Å². The molecule has 0 aliphatic heterocycles. The number of aromatic nitrogens is 3. The predicted molar refractivity (Wildman–Crippen MR) is 73.0 cm³/mol. The average molecular weight is 294 g/mol. The lowest BCUT2D eigenvalue weighted by molar-refractivity contribution is -0.385. The number of hydrogen-bond acceptors (Lipinski definition) is 5. The van der Waals surface area contributed by atoms with Crippen LogP contribution in [0.25, 0.3) is 11.4 Å². The van der Waals surface area contributed by atoms with Gasteiger partial charge in [-0.2, -0.15) is 0 Å². The van der Waals surface area contributed by atoms with Crippen LogP contribution in [0.1, 0.15) is 26.6 Å². The van der Waals surface area contributed by atoms with Crippen LogP contribution in [0.5, 0.6) is 0 Å². The molecule has 0 aliphatic rings. The Bertz CT molecular complexity index is 691. The van der Waals surface area contributed by atoms with Crippen molar-refractivity contribution in [3.8, 4) is 11.4 Å². The van der Waals surface area contributed by atoms with E-state index in [9.17, 15) is 19.6 Å². The molecular formula is C13H15FN4O3. The standard InChI is InChI=1S/C13H15FN4O3/c1-13(2,3)17-11(7-19)15-16-12(17)9-5-4-8(18(20)21)6-10(9)14/h4-6,19H,7H2,1-3H3. The molecule has 2 rings (SSSR count). The van der Waals surface area contributed by atoms with Gasteiger partial charge in [-0.3, -0.25) is 10.1 Å². The molecule has 21 heavy (non-hydrogen) atoms. The van der Waals surface area contributed by atoms with Crippen molar-refractivity contribution in [1.29, 1.82) is 0 Å². The lowest BCUT2D eigenvalue weighted by atomic mass is 10.1. The Hall–Kier alpha value is -2.35. The van der Waals surface area contributed by atoms with Gasteiger partial charge in [0.05, 0.1) is 16.6 Å². The van der Waals surface area contributed by atoms with Gasteiger partial charge in [-0.1, -0.05) is 0 Å². The van der Waals surface area contributed by atoms with Crippen LogP contribution in [0.4, 0.5) is 10.1 Å². The van der Waals surface area contributed by atoms with Gasteiger partial charge in [0.2, 0.25) is 0 Å². The highest BCUT2D eigenvalue weighted by Crippen LogP contribution is 2.29. The molecule has 1 N–H and O–H groups in total. The molecule has 0 aliphatic carbocycles. The number of nitro benzene ring substituents is 1. The quantitative estimate of drug-likeness (QED) is 0.692. The van der Waals surface area contributed by atoms with Crippen molar-refractivity contribution in [3.63, 3.8) is 0 Å². The molecule has 8 heteroatoms. The molecule has 0 bridgehead atoms. The highest BCUT2D eigenvalue weighted by atomic mass is 19.1. The van der Waals surface area contributed by atoms with Crippen LogP contribution in [0.2, 0.25) is 0 Å². The Morgan fingerprint density at radius 2 is 2.05 bits per heavy atom. The minimum Gasteiger partial charge on any atom is -0.388 e. The van der Waals surface area contributed by atoms with Gasteiger partial charge < -0.3 is 9.67 Å². The van der Waals surface area contributed by atoms with Crippen LogP contribution >= 0.6 is 0 Å². The van der Waals surface area contributed by atoms with Crippen LogP contribution in [0.3, 0.4) is 0 Å². The molecule has 2 aromatic rings. The number of non-ortho nitro benzene ring substituents is 1. The van der Waals surface area contributed by atoms with Gasteiger partial charge in [-0.15, -0.1) is 10.2 Å². The molecule has 1 heterocycles. The lowest BCUT2D eigenvalue weighted by Gasteiger charge is -2.24. The smallest absolute Gasteiger partial charge is 0.272 e. The van der Waals surface area contributed by atoms with Crippen LogP contribution in [-0.4, -0.2) is 24.8 Å². The van der Waals surface area contributed by atoms with E-state index in [0.717, 1.165) is 6.07 Å². The van der Waals surface area contributed by atoms with E-state index < -0.39 is 16.3 Å². The predicted octanol–water partition coefficient (Wildman–Crippen LogP) is 2.24. The van der Waals surface area contributed by atoms with Crippen molar-refractivity contribution in [2.45, 2.75) is 32.9 Å². The third-order valence-corrected chi connectivity index (χ3v) is 2.95. The summed E-state index contributed by atoms with van der Waals surface area (Å²) in [7, 11) is 0. The Morgan fingerprint density at radius 1 is 1.38 bits per heavy atom. The van der Waals surface area contributed by atoms with Gasteiger partial charge in [-0.05, 0) is 26.8 Å². The maximum absolute atomic E-state index is 14.1. The molecular weight excluding hydrogens is 279 g/mol. The second-order valence-corrected chi connectivity index (χ2v) is 5.53. The van der Waals surface area contributed by atoms with Gasteiger partial charge in [0.15, 0.2) is 11.6 Å². The monoisotopic (exact) mass is 294 g/mol. The molecule has 0 atom stereocenters. The van der Waals surface area contributed by atoms with Crippen LogP contribution in [-0.2, 0) is 12.1 Å². The van der Waals surface area contributed by atoms with E-state index in [1.165, 1.54) is 12.1 Å². The molecule has 0 saturated carbocycles. The highest BCUT2D eigenvalue weighted by molar-refractivity contribution is 5.59. The summed E-state index contributed by atoms with van der Waals surface area (Å²) < 4.78 is 15.7. The maximum Gasteiger partial charge on any atom is 0.272 e. The zero-order chi connectivity index (χ0) is 15.8. The van der Waals surface area contributed by atoms with E-state index in [-0.39, 0.29) is 23.7 Å². The van der Waals surface area contributed by atoms with Gasteiger partial charge in [0.25, 0.3) is 5.69 Å². The fourth-order valence-electron chi connectivity index (χ4n) is 2.10. The fourth-order valence-corrected chi connectivity index (χ4v) is 2.10. The first-order valence-electron chi connectivity index (χ1n) is 6.25. The summed E-state index contributed by atoms with van der Waals surface area (Å²) in [5.74, 6) is -0.235. The van der Waals surface area contributed by atoms with E-state index in [1.807, 2.05) is 20.8 Å². The second kappa shape index (κ2) is 5.21. The lowest BCUT2D eigenvalue weighted by Crippen LogP contribution is -2.25.